The molecule has 1 amide bonds. The van der Waals surface area contributed by atoms with Gasteiger partial charge in [-0.15, -0.1) is 0 Å². The molecule has 0 spiro atoms. The predicted octanol–water partition coefficient (Wildman–Crippen LogP) is 6.05. The van der Waals surface area contributed by atoms with E-state index in [9.17, 15) is 4.79 Å². The molecule has 0 saturated heterocycles. The maximum Gasteiger partial charge on any atom is 0.269 e. The summed E-state index contributed by atoms with van der Waals surface area (Å²) in [5.74, 6) is 0.215. The summed E-state index contributed by atoms with van der Waals surface area (Å²) < 4.78 is 6.60. The van der Waals surface area contributed by atoms with E-state index in [1.807, 2.05) is 6.07 Å². The number of ether oxygens (including phenoxy) is 1. The Morgan fingerprint density at radius 3 is 2.48 bits per heavy atom. The first kappa shape index (κ1) is 18.3. The topological polar surface area (TPSA) is 51.2 Å². The van der Waals surface area contributed by atoms with Gasteiger partial charge in [-0.05, 0) is 50.2 Å². The number of benzene rings is 2. The Bertz CT molecular complexity index is 939. The van der Waals surface area contributed by atoms with Crippen LogP contribution >= 0.6 is 46.1 Å². The average molecular weight is 416 g/mol. The fourth-order valence-corrected chi connectivity index (χ4v) is 3.49. The predicted molar refractivity (Wildman–Crippen MR) is 104 cm³/mol. The third-order valence-corrected chi connectivity index (χ3v) is 5.39. The van der Waals surface area contributed by atoms with Crippen molar-refractivity contribution >= 4 is 67.4 Å². The maximum atomic E-state index is 12.6. The molecule has 0 atom stereocenters. The largest absolute Gasteiger partial charge is 0.478 e. The smallest absolute Gasteiger partial charge is 0.269 e. The Morgan fingerprint density at radius 1 is 1.12 bits per heavy atom. The number of hydrogen-bond acceptors (Lipinski definition) is 4. The molecule has 1 heterocycles. The van der Waals surface area contributed by atoms with Crippen molar-refractivity contribution in [3.63, 3.8) is 0 Å². The first-order chi connectivity index (χ1) is 11.8. The van der Waals surface area contributed by atoms with Crippen molar-refractivity contribution < 1.29 is 9.53 Å². The zero-order chi connectivity index (χ0) is 18.2. The van der Waals surface area contributed by atoms with E-state index in [0.717, 1.165) is 4.70 Å². The van der Waals surface area contributed by atoms with Crippen LogP contribution in [0.4, 0.5) is 5.13 Å². The molecule has 3 rings (SSSR count). The van der Waals surface area contributed by atoms with Gasteiger partial charge in [0.05, 0.1) is 14.7 Å². The highest BCUT2D eigenvalue weighted by atomic mass is 35.5. The SMILES string of the molecule is CC(C)(Oc1ccc(Cl)cc1)C(=O)Nc1nc2c(Cl)c(Cl)ccc2s1. The molecule has 0 aliphatic heterocycles. The van der Waals surface area contributed by atoms with Crippen molar-refractivity contribution in [2.24, 2.45) is 0 Å². The van der Waals surface area contributed by atoms with Gasteiger partial charge in [0.25, 0.3) is 5.91 Å². The second-order valence-corrected chi connectivity index (χ2v) is 8.00. The highest BCUT2D eigenvalue weighted by molar-refractivity contribution is 7.22. The van der Waals surface area contributed by atoms with E-state index in [1.54, 1.807) is 44.2 Å². The molecule has 0 radical (unpaired) electrons. The maximum absolute atomic E-state index is 12.6. The van der Waals surface area contributed by atoms with Crippen LogP contribution in [0.3, 0.4) is 0 Å². The number of aromatic nitrogens is 1. The number of nitrogens with zero attached hydrogens (tertiary/aromatic N) is 1. The van der Waals surface area contributed by atoms with Crippen LogP contribution in [0.15, 0.2) is 36.4 Å². The van der Waals surface area contributed by atoms with Gasteiger partial charge in [-0.2, -0.15) is 0 Å². The van der Waals surface area contributed by atoms with Crippen LogP contribution in [0.5, 0.6) is 5.75 Å². The standard InChI is InChI=1S/C17H13Cl3N2O2S/c1-17(2,24-10-5-3-9(18)4-6-10)15(23)22-16-21-14-12(25-16)8-7-11(19)13(14)20/h3-8H,1-2H3,(H,21,22,23). The lowest BCUT2D eigenvalue weighted by molar-refractivity contribution is -0.128. The fraction of sp³-hybridized carbons (Fsp3) is 0.176. The lowest BCUT2D eigenvalue weighted by Crippen LogP contribution is -2.42. The minimum atomic E-state index is -1.10. The summed E-state index contributed by atoms with van der Waals surface area (Å²) in [6, 6.07) is 10.3. The molecule has 3 aromatic rings. The van der Waals surface area contributed by atoms with Crippen LogP contribution in [0.2, 0.25) is 15.1 Å². The molecule has 2 aromatic carbocycles. The number of nitrogens with one attached hydrogen (secondary N) is 1. The normalized spacial score (nSPS) is 11.6. The fourth-order valence-electron chi connectivity index (χ4n) is 2.08. The molecule has 1 aromatic heterocycles. The number of carbonyl (C=O) groups is 1. The van der Waals surface area contributed by atoms with Crippen molar-refractivity contribution in [1.29, 1.82) is 0 Å². The van der Waals surface area contributed by atoms with Crippen molar-refractivity contribution in [3.05, 3.63) is 51.5 Å². The van der Waals surface area contributed by atoms with E-state index in [1.165, 1.54) is 11.3 Å². The first-order valence-corrected chi connectivity index (χ1v) is 9.22. The minimum Gasteiger partial charge on any atom is -0.478 e. The van der Waals surface area contributed by atoms with Gasteiger partial charge in [0.2, 0.25) is 0 Å². The molecule has 0 bridgehead atoms. The molecular formula is C17H13Cl3N2O2S. The molecule has 0 aliphatic rings. The summed E-state index contributed by atoms with van der Waals surface area (Å²) in [6.45, 7) is 3.35. The van der Waals surface area contributed by atoms with Gasteiger partial charge < -0.3 is 4.74 Å². The molecule has 4 nitrogen and oxygen atoms in total. The number of rotatable bonds is 4. The quantitative estimate of drug-likeness (QED) is 0.564. The molecule has 0 aliphatic carbocycles. The monoisotopic (exact) mass is 414 g/mol. The van der Waals surface area contributed by atoms with Crippen LogP contribution in [0.25, 0.3) is 10.2 Å². The second-order valence-electron chi connectivity index (χ2n) is 5.75. The highest BCUT2D eigenvalue weighted by Gasteiger charge is 2.31. The lowest BCUT2D eigenvalue weighted by Gasteiger charge is -2.24. The summed E-state index contributed by atoms with van der Waals surface area (Å²) in [4.78, 5) is 16.9. The van der Waals surface area contributed by atoms with Crippen LogP contribution < -0.4 is 10.1 Å². The van der Waals surface area contributed by atoms with Crippen LogP contribution in [-0.4, -0.2) is 16.5 Å². The Balaban J connectivity index is 1.78. The van der Waals surface area contributed by atoms with E-state index < -0.39 is 5.60 Å². The summed E-state index contributed by atoms with van der Waals surface area (Å²) in [6.07, 6.45) is 0. The minimum absolute atomic E-state index is 0.330. The van der Waals surface area contributed by atoms with Crippen LogP contribution in [-0.2, 0) is 4.79 Å². The van der Waals surface area contributed by atoms with Gasteiger partial charge >= 0.3 is 0 Å². The molecular weight excluding hydrogens is 403 g/mol. The zero-order valence-electron chi connectivity index (χ0n) is 13.3. The Morgan fingerprint density at radius 2 is 1.80 bits per heavy atom. The van der Waals surface area contributed by atoms with Crippen molar-refractivity contribution in [2.45, 2.75) is 19.4 Å². The summed E-state index contributed by atoms with van der Waals surface area (Å²) in [5.41, 5.74) is -0.543. The Hall–Kier alpha value is -1.53. The van der Waals surface area contributed by atoms with E-state index in [-0.39, 0.29) is 5.91 Å². The van der Waals surface area contributed by atoms with E-state index in [4.69, 9.17) is 39.5 Å². The average Bonchev–Trinajstić information content (AvgIpc) is 2.96. The van der Waals surface area contributed by atoms with E-state index in [0.29, 0.717) is 31.5 Å². The van der Waals surface area contributed by atoms with E-state index in [2.05, 4.69) is 10.3 Å². The molecule has 0 saturated carbocycles. The lowest BCUT2D eigenvalue weighted by atomic mass is 10.1. The summed E-state index contributed by atoms with van der Waals surface area (Å²) >= 11 is 19.3. The van der Waals surface area contributed by atoms with Gasteiger partial charge in [0.1, 0.15) is 11.3 Å². The molecule has 1 N–H and O–H groups in total. The second kappa shape index (κ2) is 7.00. The van der Waals surface area contributed by atoms with Gasteiger partial charge in [-0.1, -0.05) is 46.1 Å². The van der Waals surface area contributed by atoms with Gasteiger partial charge in [-0.3, -0.25) is 10.1 Å². The van der Waals surface area contributed by atoms with Gasteiger partial charge in [-0.25, -0.2) is 4.98 Å². The summed E-state index contributed by atoms with van der Waals surface area (Å²) in [5, 5.41) is 4.58. The number of thiazole rings is 1. The highest BCUT2D eigenvalue weighted by Crippen LogP contribution is 2.35. The van der Waals surface area contributed by atoms with Gasteiger partial charge in [0, 0.05) is 5.02 Å². The molecule has 8 heteroatoms. The number of fused-ring (bicyclic) bond motifs is 1. The van der Waals surface area contributed by atoms with Crippen molar-refractivity contribution in [3.8, 4) is 5.75 Å². The van der Waals surface area contributed by atoms with E-state index >= 15 is 0 Å². The number of hydrogen-bond donors (Lipinski definition) is 1. The van der Waals surface area contributed by atoms with Crippen molar-refractivity contribution in [2.75, 3.05) is 5.32 Å². The first-order valence-electron chi connectivity index (χ1n) is 7.27. The molecule has 0 fully saturated rings. The van der Waals surface area contributed by atoms with Crippen LogP contribution in [0, 0.1) is 0 Å². The third kappa shape index (κ3) is 4.01. The Labute approximate surface area is 163 Å². The zero-order valence-corrected chi connectivity index (χ0v) is 16.4. The van der Waals surface area contributed by atoms with Gasteiger partial charge in [0.15, 0.2) is 10.7 Å². The number of halogens is 3. The molecule has 0 unspecified atom stereocenters. The molecule has 25 heavy (non-hydrogen) atoms. The summed E-state index contributed by atoms with van der Waals surface area (Å²) in [7, 11) is 0. The number of amides is 1. The number of carbonyl (C=O) groups excluding carboxylic acids is 1. The molecule has 130 valence electrons. The third-order valence-electron chi connectivity index (χ3n) is 3.41. The number of anilines is 1. The van der Waals surface area contributed by atoms with Crippen molar-refractivity contribution in [1.82, 2.24) is 4.98 Å². The Kier molecular flexibility index (Phi) is 5.11. The van der Waals surface area contributed by atoms with Crippen LogP contribution in [0.1, 0.15) is 13.8 Å².